The molecule has 1 rings (SSSR count). The van der Waals surface area contributed by atoms with Gasteiger partial charge in [0.05, 0.1) is 17.0 Å². The highest BCUT2D eigenvalue weighted by Crippen LogP contribution is 2.25. The molecule has 0 spiro atoms. The highest BCUT2D eigenvalue weighted by atomic mass is 35.5. The molecule has 0 aliphatic carbocycles. The lowest BCUT2D eigenvalue weighted by atomic mass is 10.4. The number of thiophene rings is 1. The average molecular weight is 239 g/mol. The van der Waals surface area contributed by atoms with Crippen molar-refractivity contribution in [3.8, 4) is 0 Å². The highest BCUT2D eigenvalue weighted by Gasteiger charge is 2.03. The average Bonchev–Trinajstić information content (AvgIpc) is 2.51. The fourth-order valence-corrected chi connectivity index (χ4v) is 2.94. The van der Waals surface area contributed by atoms with Crippen LogP contribution in [0.1, 0.15) is 4.88 Å². The van der Waals surface area contributed by atoms with Gasteiger partial charge in [0.25, 0.3) is 0 Å². The minimum atomic E-state index is -0.611. The van der Waals surface area contributed by atoms with E-state index in [2.05, 4.69) is 0 Å². The van der Waals surface area contributed by atoms with Gasteiger partial charge in [0.2, 0.25) is 0 Å². The monoisotopic (exact) mass is 238 g/mol. The van der Waals surface area contributed by atoms with Crippen LogP contribution < -0.4 is 0 Å². The fourth-order valence-electron chi connectivity index (χ4n) is 0.778. The Morgan fingerprint density at radius 3 is 2.85 bits per heavy atom. The highest BCUT2D eigenvalue weighted by molar-refractivity contribution is 7.98. The Morgan fingerprint density at radius 1 is 1.54 bits per heavy atom. The fraction of sp³-hybridized carbons (Fsp3) is 0.500. The summed E-state index contributed by atoms with van der Waals surface area (Å²) in [5, 5.41) is 17.6. The zero-order chi connectivity index (χ0) is 9.68. The largest absolute Gasteiger partial charge is 0.394 e. The van der Waals surface area contributed by atoms with Crippen LogP contribution in [0.25, 0.3) is 0 Å². The first-order valence-corrected chi connectivity index (χ1v) is 6.18. The SMILES string of the molecule is OCC(O)CSCc1ccc(Cl)s1. The lowest BCUT2D eigenvalue weighted by Crippen LogP contribution is -2.14. The molecule has 0 aliphatic heterocycles. The predicted molar refractivity (Wildman–Crippen MR) is 58.6 cm³/mol. The summed E-state index contributed by atoms with van der Waals surface area (Å²) < 4.78 is 0.790. The first kappa shape index (κ1) is 11.3. The van der Waals surface area contributed by atoms with Gasteiger partial charge in [-0.2, -0.15) is 11.8 Å². The van der Waals surface area contributed by atoms with E-state index in [1.807, 2.05) is 12.1 Å². The molecular weight excluding hydrogens is 228 g/mol. The summed E-state index contributed by atoms with van der Waals surface area (Å²) in [5.41, 5.74) is 0. The molecule has 1 unspecified atom stereocenters. The Morgan fingerprint density at radius 2 is 2.31 bits per heavy atom. The van der Waals surface area contributed by atoms with Gasteiger partial charge in [-0.05, 0) is 12.1 Å². The molecular formula is C8H11ClO2S2. The van der Waals surface area contributed by atoms with Crippen molar-refractivity contribution in [3.05, 3.63) is 21.3 Å². The van der Waals surface area contributed by atoms with Gasteiger partial charge in [-0.3, -0.25) is 0 Å². The topological polar surface area (TPSA) is 40.5 Å². The second-order valence-electron chi connectivity index (χ2n) is 2.56. The van der Waals surface area contributed by atoms with Gasteiger partial charge in [0.1, 0.15) is 0 Å². The number of rotatable bonds is 5. The van der Waals surface area contributed by atoms with Crippen molar-refractivity contribution in [2.75, 3.05) is 12.4 Å². The molecule has 13 heavy (non-hydrogen) atoms. The number of aliphatic hydroxyl groups excluding tert-OH is 2. The van der Waals surface area contributed by atoms with Crippen LogP contribution in [0.4, 0.5) is 0 Å². The zero-order valence-electron chi connectivity index (χ0n) is 6.94. The number of hydrogen-bond acceptors (Lipinski definition) is 4. The van der Waals surface area contributed by atoms with Crippen molar-refractivity contribution in [2.45, 2.75) is 11.9 Å². The van der Waals surface area contributed by atoms with Crippen LogP contribution in [0.5, 0.6) is 0 Å². The summed E-state index contributed by atoms with van der Waals surface area (Å²) in [6.45, 7) is -0.168. The summed E-state index contributed by atoms with van der Waals surface area (Å²) in [6.07, 6.45) is -0.611. The minimum Gasteiger partial charge on any atom is -0.394 e. The van der Waals surface area contributed by atoms with Gasteiger partial charge in [-0.1, -0.05) is 11.6 Å². The van der Waals surface area contributed by atoms with Gasteiger partial charge >= 0.3 is 0 Å². The zero-order valence-corrected chi connectivity index (χ0v) is 9.33. The van der Waals surface area contributed by atoms with E-state index in [0.29, 0.717) is 5.75 Å². The van der Waals surface area contributed by atoms with E-state index in [-0.39, 0.29) is 6.61 Å². The molecule has 5 heteroatoms. The maximum atomic E-state index is 9.05. The molecule has 0 amide bonds. The Balaban J connectivity index is 2.20. The standard InChI is InChI=1S/C8H11ClO2S2/c9-8-2-1-7(13-8)5-12-4-6(11)3-10/h1-2,6,10-11H,3-5H2. The summed E-state index contributed by atoms with van der Waals surface area (Å²) in [5.74, 6) is 1.40. The molecule has 1 heterocycles. The van der Waals surface area contributed by atoms with Gasteiger partial charge in [0, 0.05) is 16.4 Å². The minimum absolute atomic E-state index is 0.168. The van der Waals surface area contributed by atoms with Crippen molar-refractivity contribution < 1.29 is 10.2 Å². The second kappa shape index (κ2) is 5.88. The molecule has 74 valence electrons. The van der Waals surface area contributed by atoms with E-state index in [1.165, 1.54) is 4.88 Å². The molecule has 0 aliphatic rings. The van der Waals surface area contributed by atoms with Crippen molar-refractivity contribution in [3.63, 3.8) is 0 Å². The summed E-state index contributed by atoms with van der Waals surface area (Å²) in [4.78, 5) is 1.19. The molecule has 1 atom stereocenters. The number of aliphatic hydroxyl groups is 2. The van der Waals surface area contributed by atoms with Gasteiger partial charge < -0.3 is 10.2 Å². The maximum absolute atomic E-state index is 9.05. The molecule has 0 fully saturated rings. The summed E-state index contributed by atoms with van der Waals surface area (Å²) >= 11 is 8.89. The third kappa shape index (κ3) is 4.33. The van der Waals surface area contributed by atoms with E-state index in [4.69, 9.17) is 21.8 Å². The molecule has 0 saturated heterocycles. The van der Waals surface area contributed by atoms with Crippen molar-refractivity contribution in [1.29, 1.82) is 0 Å². The first-order chi connectivity index (χ1) is 6.22. The smallest absolute Gasteiger partial charge is 0.0931 e. The lowest BCUT2D eigenvalue weighted by molar-refractivity contribution is 0.113. The Labute approximate surface area is 90.5 Å². The van der Waals surface area contributed by atoms with Crippen LogP contribution in [-0.2, 0) is 5.75 Å². The molecule has 2 nitrogen and oxygen atoms in total. The quantitative estimate of drug-likeness (QED) is 0.824. The van der Waals surface area contributed by atoms with Gasteiger partial charge in [0.15, 0.2) is 0 Å². The molecule has 0 aromatic carbocycles. The van der Waals surface area contributed by atoms with E-state index in [1.54, 1.807) is 23.1 Å². The second-order valence-corrected chi connectivity index (χ2v) is 5.39. The van der Waals surface area contributed by atoms with Crippen LogP contribution >= 0.6 is 34.7 Å². The van der Waals surface area contributed by atoms with Crippen LogP contribution in [0, 0.1) is 0 Å². The summed E-state index contributed by atoms with van der Waals surface area (Å²) in [7, 11) is 0. The third-order valence-corrected chi connectivity index (χ3v) is 3.94. The number of hydrogen-bond donors (Lipinski definition) is 2. The predicted octanol–water partition coefficient (Wildman–Crippen LogP) is 1.99. The van der Waals surface area contributed by atoms with Crippen LogP contribution in [0.15, 0.2) is 12.1 Å². The number of thioether (sulfide) groups is 1. The molecule has 0 saturated carbocycles. The van der Waals surface area contributed by atoms with Crippen LogP contribution in [0.3, 0.4) is 0 Å². The Hall–Kier alpha value is 0.260. The molecule has 1 aromatic rings. The van der Waals surface area contributed by atoms with Crippen molar-refractivity contribution in [1.82, 2.24) is 0 Å². The molecule has 0 bridgehead atoms. The third-order valence-electron chi connectivity index (χ3n) is 1.39. The van der Waals surface area contributed by atoms with E-state index >= 15 is 0 Å². The molecule has 1 aromatic heterocycles. The molecule has 0 radical (unpaired) electrons. The maximum Gasteiger partial charge on any atom is 0.0931 e. The number of halogens is 1. The van der Waals surface area contributed by atoms with Gasteiger partial charge in [-0.25, -0.2) is 0 Å². The van der Waals surface area contributed by atoms with Crippen molar-refractivity contribution >= 4 is 34.7 Å². The van der Waals surface area contributed by atoms with E-state index in [9.17, 15) is 0 Å². The first-order valence-electron chi connectivity index (χ1n) is 3.83. The summed E-state index contributed by atoms with van der Waals surface area (Å²) in [6, 6.07) is 3.84. The van der Waals surface area contributed by atoms with E-state index < -0.39 is 6.10 Å². The molecule has 2 N–H and O–H groups in total. The Bertz CT molecular complexity index is 252. The van der Waals surface area contributed by atoms with E-state index in [0.717, 1.165) is 10.1 Å². The van der Waals surface area contributed by atoms with Crippen LogP contribution in [-0.4, -0.2) is 28.7 Å². The van der Waals surface area contributed by atoms with Gasteiger partial charge in [-0.15, -0.1) is 11.3 Å². The van der Waals surface area contributed by atoms with Crippen LogP contribution in [0.2, 0.25) is 4.34 Å². The lowest BCUT2D eigenvalue weighted by Gasteiger charge is -2.04. The normalized spacial score (nSPS) is 13.2. The van der Waals surface area contributed by atoms with Crippen molar-refractivity contribution in [2.24, 2.45) is 0 Å². The Kier molecular flexibility index (Phi) is 5.13.